The number of hydrogen-bond donors (Lipinski definition) is 0. The fraction of sp³-hybridized carbons (Fsp3) is 0.0769. The zero-order valence-electron chi connectivity index (χ0n) is 17.8. The Balaban J connectivity index is 1.61. The Labute approximate surface area is 220 Å². The molecule has 4 nitrogen and oxygen atoms in total. The van der Waals surface area contributed by atoms with E-state index in [9.17, 15) is 9.59 Å². The molecule has 0 atom stereocenters. The fourth-order valence-corrected chi connectivity index (χ4v) is 5.37. The lowest BCUT2D eigenvalue weighted by atomic mass is 10.1. The first-order chi connectivity index (χ1) is 16.4. The van der Waals surface area contributed by atoms with E-state index < -0.39 is 0 Å². The maximum atomic E-state index is 12.9. The van der Waals surface area contributed by atoms with Crippen LogP contribution in [0, 0.1) is 0 Å². The first kappa shape index (κ1) is 24.6. The molecule has 2 amide bonds. The average Bonchev–Trinajstić information content (AvgIpc) is 3.08. The third-order valence-electron chi connectivity index (χ3n) is 5.00. The minimum atomic E-state index is -0.347. The van der Waals surface area contributed by atoms with Crippen LogP contribution in [0.5, 0.6) is 5.75 Å². The van der Waals surface area contributed by atoms with Crippen molar-refractivity contribution in [3.05, 3.63) is 109 Å². The molecule has 3 aromatic rings. The number of imide groups is 1. The number of ether oxygens (including phenoxy) is 1. The number of thioether (sulfide) groups is 1. The standard InChI is InChI=1S/C26H18BrCl2NO3S/c1-2-6-17-11-16(12-21(27)24(17)33-15-18-9-10-19(28)14-22(18)29)13-23-25(31)30(26(32)34-23)20-7-4-3-5-8-20/h2-5,7-14H,1,6,15H2/b23-13-. The minimum absolute atomic E-state index is 0.258. The van der Waals surface area contributed by atoms with Crippen molar-refractivity contribution < 1.29 is 14.3 Å². The molecule has 34 heavy (non-hydrogen) atoms. The number of nitrogens with zero attached hydrogens (tertiary/aromatic N) is 1. The summed E-state index contributed by atoms with van der Waals surface area (Å²) in [5, 5.41) is 0.760. The van der Waals surface area contributed by atoms with Gasteiger partial charge in [-0.2, -0.15) is 0 Å². The molecule has 0 aliphatic carbocycles. The van der Waals surface area contributed by atoms with Crippen LogP contribution in [0.25, 0.3) is 6.08 Å². The largest absolute Gasteiger partial charge is 0.487 e. The van der Waals surface area contributed by atoms with Crippen molar-refractivity contribution >= 4 is 73.8 Å². The van der Waals surface area contributed by atoms with Crippen molar-refractivity contribution in [2.45, 2.75) is 13.0 Å². The number of rotatable bonds is 7. The Hall–Kier alpha value is -2.51. The molecule has 0 radical (unpaired) electrons. The van der Waals surface area contributed by atoms with Gasteiger partial charge in [0, 0.05) is 15.6 Å². The molecule has 8 heteroatoms. The highest BCUT2D eigenvalue weighted by molar-refractivity contribution is 9.10. The topological polar surface area (TPSA) is 46.6 Å². The SMILES string of the molecule is C=CCc1cc(/C=C2\SC(=O)N(c3ccccc3)C2=O)cc(Br)c1OCc1ccc(Cl)cc1Cl. The summed E-state index contributed by atoms with van der Waals surface area (Å²) in [6.45, 7) is 4.09. The van der Waals surface area contributed by atoms with Crippen molar-refractivity contribution in [2.75, 3.05) is 4.90 Å². The number of allylic oxidation sites excluding steroid dienone is 1. The van der Waals surface area contributed by atoms with Crippen LogP contribution in [0.3, 0.4) is 0 Å². The van der Waals surface area contributed by atoms with E-state index in [-0.39, 0.29) is 17.8 Å². The molecule has 0 unspecified atom stereocenters. The van der Waals surface area contributed by atoms with Gasteiger partial charge in [-0.05, 0) is 87.7 Å². The quantitative estimate of drug-likeness (QED) is 0.210. The number of benzene rings is 3. The second kappa shape index (κ2) is 10.8. The normalized spacial score (nSPS) is 14.7. The van der Waals surface area contributed by atoms with Crippen LogP contribution in [0.4, 0.5) is 10.5 Å². The first-order valence-corrected chi connectivity index (χ1v) is 12.6. The Morgan fingerprint density at radius 2 is 1.79 bits per heavy atom. The highest BCUT2D eigenvalue weighted by Crippen LogP contribution is 2.38. The molecule has 1 fully saturated rings. The molecule has 0 spiro atoms. The van der Waals surface area contributed by atoms with E-state index in [4.69, 9.17) is 27.9 Å². The van der Waals surface area contributed by atoms with E-state index in [1.165, 1.54) is 4.90 Å². The lowest BCUT2D eigenvalue weighted by Gasteiger charge is -2.15. The predicted molar refractivity (Wildman–Crippen MR) is 144 cm³/mol. The van der Waals surface area contributed by atoms with Crippen LogP contribution in [-0.2, 0) is 17.8 Å². The molecule has 1 heterocycles. The van der Waals surface area contributed by atoms with Gasteiger partial charge >= 0.3 is 0 Å². The number of anilines is 1. The summed E-state index contributed by atoms with van der Waals surface area (Å²) in [4.78, 5) is 27.0. The fourth-order valence-electron chi connectivity index (χ4n) is 3.43. The van der Waals surface area contributed by atoms with E-state index >= 15 is 0 Å². The predicted octanol–water partition coefficient (Wildman–Crippen LogP) is 8.30. The molecular formula is C26H18BrCl2NO3S. The summed E-state index contributed by atoms with van der Waals surface area (Å²) >= 11 is 16.8. The Bertz CT molecular complexity index is 1310. The van der Waals surface area contributed by atoms with Crippen LogP contribution < -0.4 is 9.64 Å². The molecule has 0 N–H and O–H groups in total. The van der Waals surface area contributed by atoms with Gasteiger partial charge in [0.2, 0.25) is 0 Å². The summed E-state index contributed by atoms with van der Waals surface area (Å²) in [6.07, 6.45) is 4.04. The monoisotopic (exact) mass is 573 g/mol. The van der Waals surface area contributed by atoms with E-state index in [1.807, 2.05) is 24.3 Å². The van der Waals surface area contributed by atoms with Gasteiger partial charge in [0.25, 0.3) is 11.1 Å². The second-order valence-electron chi connectivity index (χ2n) is 7.36. The van der Waals surface area contributed by atoms with Crippen molar-refractivity contribution in [3.8, 4) is 5.75 Å². The van der Waals surface area contributed by atoms with Gasteiger partial charge in [-0.25, -0.2) is 4.90 Å². The van der Waals surface area contributed by atoms with Crippen molar-refractivity contribution in [3.63, 3.8) is 0 Å². The highest BCUT2D eigenvalue weighted by atomic mass is 79.9. The maximum absolute atomic E-state index is 12.9. The van der Waals surface area contributed by atoms with E-state index in [1.54, 1.807) is 48.6 Å². The Morgan fingerprint density at radius 1 is 1.03 bits per heavy atom. The van der Waals surface area contributed by atoms with Crippen LogP contribution in [0.2, 0.25) is 10.0 Å². The number of halogens is 3. The molecular weight excluding hydrogens is 557 g/mol. The van der Waals surface area contributed by atoms with Crippen molar-refractivity contribution in [2.24, 2.45) is 0 Å². The van der Waals surface area contributed by atoms with Crippen LogP contribution in [0.15, 0.2) is 82.7 Å². The van der Waals surface area contributed by atoms with E-state index in [0.29, 0.717) is 37.3 Å². The Kier molecular flexibility index (Phi) is 7.84. The lowest BCUT2D eigenvalue weighted by molar-refractivity contribution is -0.113. The lowest BCUT2D eigenvalue weighted by Crippen LogP contribution is -2.27. The summed E-state index contributed by atoms with van der Waals surface area (Å²) in [5.74, 6) is 0.306. The van der Waals surface area contributed by atoms with Crippen LogP contribution in [-0.4, -0.2) is 11.1 Å². The van der Waals surface area contributed by atoms with Crippen LogP contribution in [0.1, 0.15) is 16.7 Å². The number of carbonyl (C=O) groups is 2. The third kappa shape index (κ3) is 5.41. The molecule has 1 aliphatic heterocycles. The minimum Gasteiger partial charge on any atom is -0.487 e. The van der Waals surface area contributed by atoms with Crippen molar-refractivity contribution in [1.82, 2.24) is 0 Å². The summed E-state index contributed by atoms with van der Waals surface area (Å²) in [5.41, 5.74) is 3.00. The molecule has 172 valence electrons. The average molecular weight is 575 g/mol. The number of amides is 2. The summed E-state index contributed by atoms with van der Waals surface area (Å²) in [7, 11) is 0. The van der Waals surface area contributed by atoms with Gasteiger partial charge < -0.3 is 4.74 Å². The molecule has 0 saturated carbocycles. The Morgan fingerprint density at radius 3 is 2.50 bits per heavy atom. The molecule has 0 aromatic heterocycles. The van der Waals surface area contributed by atoms with Crippen LogP contribution >= 0.6 is 50.9 Å². The summed E-state index contributed by atoms with van der Waals surface area (Å²) in [6, 6.07) is 17.9. The van der Waals surface area contributed by atoms with Gasteiger partial charge in [0.1, 0.15) is 12.4 Å². The van der Waals surface area contributed by atoms with E-state index in [0.717, 1.165) is 28.5 Å². The van der Waals surface area contributed by atoms with Gasteiger partial charge in [0.05, 0.1) is 15.1 Å². The number of hydrogen-bond acceptors (Lipinski definition) is 4. The van der Waals surface area contributed by atoms with Gasteiger partial charge in [-0.3, -0.25) is 9.59 Å². The van der Waals surface area contributed by atoms with E-state index in [2.05, 4.69) is 22.5 Å². The second-order valence-corrected chi connectivity index (χ2v) is 10.1. The third-order valence-corrected chi connectivity index (χ3v) is 7.05. The smallest absolute Gasteiger partial charge is 0.298 e. The number of carbonyl (C=O) groups excluding carboxylic acids is 2. The number of para-hydroxylation sites is 1. The van der Waals surface area contributed by atoms with Crippen molar-refractivity contribution in [1.29, 1.82) is 0 Å². The molecule has 0 bridgehead atoms. The zero-order valence-corrected chi connectivity index (χ0v) is 21.7. The summed E-state index contributed by atoms with van der Waals surface area (Å²) < 4.78 is 6.80. The van der Waals surface area contributed by atoms with Gasteiger partial charge in [-0.15, -0.1) is 6.58 Å². The maximum Gasteiger partial charge on any atom is 0.298 e. The first-order valence-electron chi connectivity index (χ1n) is 10.2. The molecule has 1 saturated heterocycles. The highest BCUT2D eigenvalue weighted by Gasteiger charge is 2.36. The molecule has 4 rings (SSSR count). The van der Waals surface area contributed by atoms with Gasteiger partial charge in [-0.1, -0.05) is 53.5 Å². The zero-order chi connectivity index (χ0) is 24.2. The molecule has 3 aromatic carbocycles. The molecule has 1 aliphatic rings. The van der Waals surface area contributed by atoms with Gasteiger partial charge in [0.15, 0.2) is 0 Å².